The molecule has 0 aliphatic rings. The van der Waals surface area contributed by atoms with E-state index in [0.29, 0.717) is 5.56 Å². The van der Waals surface area contributed by atoms with Gasteiger partial charge < -0.3 is 15.3 Å². The number of aromatic hydroxyl groups is 2. The van der Waals surface area contributed by atoms with E-state index in [9.17, 15) is 9.59 Å². The van der Waals surface area contributed by atoms with Crippen molar-refractivity contribution < 1.29 is 24.9 Å². The number of hydrogen-bond donors (Lipinski definition) is 3. The first kappa shape index (κ1) is 15.2. The van der Waals surface area contributed by atoms with E-state index in [2.05, 4.69) is 0 Å². The molecule has 0 bridgehead atoms. The second kappa shape index (κ2) is 6.94. The molecular formula is C15H14O5. The van der Waals surface area contributed by atoms with E-state index >= 15 is 0 Å². The van der Waals surface area contributed by atoms with Crippen molar-refractivity contribution in [2.45, 2.75) is 6.92 Å². The predicted molar refractivity (Wildman–Crippen MR) is 73.2 cm³/mol. The second-order valence-corrected chi connectivity index (χ2v) is 3.96. The minimum atomic E-state index is -0.986. The Kier molecular flexibility index (Phi) is 5.29. The first-order valence-electron chi connectivity index (χ1n) is 5.72. The van der Waals surface area contributed by atoms with Crippen LogP contribution >= 0.6 is 0 Å². The lowest BCUT2D eigenvalue weighted by molar-refractivity contribution is 0.0696. The smallest absolute Gasteiger partial charge is 0.335 e. The average Bonchev–Trinajstić information content (AvgIpc) is 2.40. The molecule has 0 aromatic heterocycles. The van der Waals surface area contributed by atoms with E-state index in [1.54, 1.807) is 12.1 Å². The van der Waals surface area contributed by atoms with E-state index in [-0.39, 0.29) is 22.8 Å². The molecular weight excluding hydrogens is 260 g/mol. The predicted octanol–water partition coefficient (Wildman–Crippen LogP) is 2.69. The Labute approximate surface area is 115 Å². The lowest BCUT2D eigenvalue weighted by Gasteiger charge is -1.93. The van der Waals surface area contributed by atoms with Crippen molar-refractivity contribution in [1.82, 2.24) is 0 Å². The number of carbonyl (C=O) groups is 2. The quantitative estimate of drug-likeness (QED) is 0.732. The lowest BCUT2D eigenvalue weighted by atomic mass is 10.1. The number of carboxylic acid groups (broad SMARTS) is 1. The van der Waals surface area contributed by atoms with Crippen LogP contribution in [0, 0.1) is 0 Å². The van der Waals surface area contributed by atoms with Crippen LogP contribution in [0.2, 0.25) is 0 Å². The molecule has 0 radical (unpaired) electrons. The summed E-state index contributed by atoms with van der Waals surface area (Å²) in [4.78, 5) is 20.9. The molecule has 2 aromatic carbocycles. The molecule has 0 saturated carbocycles. The highest BCUT2D eigenvalue weighted by molar-refractivity contribution is 5.94. The third-order valence-corrected chi connectivity index (χ3v) is 2.39. The van der Waals surface area contributed by atoms with Gasteiger partial charge in [-0.25, -0.2) is 4.79 Å². The van der Waals surface area contributed by atoms with Gasteiger partial charge in [-0.3, -0.25) is 4.79 Å². The molecule has 0 atom stereocenters. The van der Waals surface area contributed by atoms with Crippen LogP contribution in [0.5, 0.6) is 11.5 Å². The van der Waals surface area contributed by atoms with Crippen LogP contribution in [-0.2, 0) is 0 Å². The molecule has 0 fully saturated rings. The Balaban J connectivity index is 0.000000200. The van der Waals surface area contributed by atoms with Gasteiger partial charge in [0.25, 0.3) is 0 Å². The summed E-state index contributed by atoms with van der Waals surface area (Å²) >= 11 is 0. The minimum Gasteiger partial charge on any atom is -0.508 e. The van der Waals surface area contributed by atoms with Crippen molar-refractivity contribution in [3.05, 3.63) is 59.7 Å². The monoisotopic (exact) mass is 274 g/mol. The molecule has 2 aromatic rings. The highest BCUT2D eigenvalue weighted by atomic mass is 16.4. The average molecular weight is 274 g/mol. The van der Waals surface area contributed by atoms with Gasteiger partial charge in [0.1, 0.15) is 11.5 Å². The molecule has 0 heterocycles. The first-order chi connectivity index (χ1) is 9.40. The molecule has 20 heavy (non-hydrogen) atoms. The summed E-state index contributed by atoms with van der Waals surface area (Å²) in [5.74, 6) is -0.713. The molecule has 3 N–H and O–H groups in total. The van der Waals surface area contributed by atoms with E-state index in [4.69, 9.17) is 15.3 Å². The molecule has 0 aliphatic heterocycles. The first-order valence-corrected chi connectivity index (χ1v) is 5.72. The molecule has 104 valence electrons. The molecule has 0 saturated heterocycles. The number of phenolic OH excluding ortho intramolecular Hbond substituents is 2. The van der Waals surface area contributed by atoms with Crippen molar-refractivity contribution in [2.24, 2.45) is 0 Å². The third kappa shape index (κ3) is 4.81. The zero-order chi connectivity index (χ0) is 15.1. The number of hydrogen-bond acceptors (Lipinski definition) is 4. The molecule has 2 rings (SSSR count). The molecule has 0 unspecified atom stereocenters. The molecule has 5 nitrogen and oxygen atoms in total. The number of benzene rings is 2. The summed E-state index contributed by atoms with van der Waals surface area (Å²) < 4.78 is 0. The van der Waals surface area contributed by atoms with Gasteiger partial charge in [0, 0.05) is 5.56 Å². The minimum absolute atomic E-state index is 0.0139. The van der Waals surface area contributed by atoms with Crippen LogP contribution in [0.4, 0.5) is 0 Å². The van der Waals surface area contributed by atoms with Gasteiger partial charge in [0.05, 0.1) is 5.56 Å². The number of carbonyl (C=O) groups excluding carboxylic acids is 1. The standard InChI is InChI=1S/C8H8O2.C7H6O3/c1-6(9)7-2-4-8(10)5-3-7;8-6-3-1-5(2-4-6)7(9)10/h2-5,10H,1H3;1-4,8H,(H,9,10). The maximum absolute atomic E-state index is 10.7. The van der Waals surface area contributed by atoms with Gasteiger partial charge in [-0.05, 0) is 55.5 Å². The Morgan fingerprint density at radius 2 is 1.10 bits per heavy atom. The van der Waals surface area contributed by atoms with E-state index < -0.39 is 5.97 Å². The summed E-state index contributed by atoms with van der Waals surface area (Å²) in [7, 11) is 0. The third-order valence-electron chi connectivity index (χ3n) is 2.39. The highest BCUT2D eigenvalue weighted by Crippen LogP contribution is 2.09. The van der Waals surface area contributed by atoms with Crippen molar-refractivity contribution >= 4 is 11.8 Å². The fourth-order valence-corrected chi connectivity index (χ4v) is 1.30. The maximum atomic E-state index is 10.7. The van der Waals surface area contributed by atoms with Gasteiger partial charge in [-0.2, -0.15) is 0 Å². The SMILES string of the molecule is CC(=O)c1ccc(O)cc1.O=C(O)c1ccc(O)cc1. The van der Waals surface area contributed by atoms with Crippen molar-refractivity contribution in [3.63, 3.8) is 0 Å². The van der Waals surface area contributed by atoms with E-state index in [1.165, 1.54) is 43.3 Å². The van der Waals surface area contributed by atoms with Crippen molar-refractivity contribution in [1.29, 1.82) is 0 Å². The molecule has 0 aliphatic carbocycles. The van der Waals surface area contributed by atoms with Gasteiger partial charge in [-0.15, -0.1) is 0 Å². The zero-order valence-corrected chi connectivity index (χ0v) is 10.8. The van der Waals surface area contributed by atoms with Crippen molar-refractivity contribution in [3.8, 4) is 11.5 Å². The highest BCUT2D eigenvalue weighted by Gasteiger charge is 1.99. The topological polar surface area (TPSA) is 94.8 Å². The van der Waals surface area contributed by atoms with Crippen LogP contribution in [-0.4, -0.2) is 27.1 Å². The number of carboxylic acids is 1. The number of rotatable bonds is 2. The fourth-order valence-electron chi connectivity index (χ4n) is 1.30. The number of aromatic carboxylic acids is 1. The molecule has 0 spiro atoms. The summed E-state index contributed by atoms with van der Waals surface area (Å²) in [6.07, 6.45) is 0. The molecule has 5 heteroatoms. The van der Waals surface area contributed by atoms with Crippen molar-refractivity contribution in [2.75, 3.05) is 0 Å². The van der Waals surface area contributed by atoms with Crippen LogP contribution in [0.25, 0.3) is 0 Å². The Bertz CT molecular complexity index is 529. The summed E-state index contributed by atoms with van der Waals surface area (Å²) in [6, 6.07) is 11.5. The van der Waals surface area contributed by atoms with Crippen LogP contribution in [0.1, 0.15) is 27.6 Å². The summed E-state index contributed by atoms with van der Waals surface area (Å²) in [5.41, 5.74) is 0.801. The zero-order valence-electron chi connectivity index (χ0n) is 10.8. The van der Waals surface area contributed by atoms with Crippen LogP contribution in [0.3, 0.4) is 0 Å². The normalized spacial score (nSPS) is 9.25. The van der Waals surface area contributed by atoms with Gasteiger partial charge >= 0.3 is 5.97 Å². The van der Waals surface area contributed by atoms with Crippen LogP contribution < -0.4 is 0 Å². The lowest BCUT2D eigenvalue weighted by Crippen LogP contribution is -1.93. The van der Waals surface area contributed by atoms with E-state index in [0.717, 1.165) is 0 Å². The largest absolute Gasteiger partial charge is 0.508 e. The Hall–Kier alpha value is -2.82. The molecule has 0 amide bonds. The maximum Gasteiger partial charge on any atom is 0.335 e. The van der Waals surface area contributed by atoms with Gasteiger partial charge in [0.15, 0.2) is 5.78 Å². The number of phenols is 2. The Morgan fingerprint density at radius 3 is 1.40 bits per heavy atom. The van der Waals surface area contributed by atoms with Crippen LogP contribution in [0.15, 0.2) is 48.5 Å². The second-order valence-electron chi connectivity index (χ2n) is 3.96. The van der Waals surface area contributed by atoms with Gasteiger partial charge in [0.2, 0.25) is 0 Å². The summed E-state index contributed by atoms with van der Waals surface area (Å²) in [5, 5.41) is 26.0. The Morgan fingerprint density at radius 1 is 0.750 bits per heavy atom. The number of Topliss-reactive ketones (excluding diaryl/α,β-unsaturated/α-hetero) is 1. The fraction of sp³-hybridized carbons (Fsp3) is 0.0667. The van der Waals surface area contributed by atoms with Gasteiger partial charge in [-0.1, -0.05) is 0 Å². The van der Waals surface area contributed by atoms with E-state index in [1.807, 2.05) is 0 Å². The number of ketones is 1. The summed E-state index contributed by atoms with van der Waals surface area (Å²) in [6.45, 7) is 1.49.